The van der Waals surface area contributed by atoms with Gasteiger partial charge >= 0.3 is 0 Å². The van der Waals surface area contributed by atoms with Crippen molar-refractivity contribution in [1.29, 1.82) is 0 Å². The highest BCUT2D eigenvalue weighted by Crippen LogP contribution is 2.52. The fourth-order valence-corrected chi connectivity index (χ4v) is 3.05. The number of hydroxylamine groups is 2. The Kier molecular flexibility index (Phi) is 4.23. The molecule has 1 aliphatic heterocycles. The molecule has 0 amide bonds. The summed E-state index contributed by atoms with van der Waals surface area (Å²) >= 11 is 6.03. The molecule has 2 aromatic rings. The second-order valence-electron chi connectivity index (χ2n) is 7.01. The smallest absolute Gasteiger partial charge is 0.138 e. The minimum Gasteiger partial charge on any atom is -0.362 e. The van der Waals surface area contributed by atoms with Crippen LogP contribution in [-0.4, -0.2) is 22.4 Å². The summed E-state index contributed by atoms with van der Waals surface area (Å²) in [6.07, 6.45) is 0. The maximum absolute atomic E-state index is 10.9. The first kappa shape index (κ1) is 16.5. The number of nitrogens with zero attached hydrogens (tertiary/aromatic N) is 1. The van der Waals surface area contributed by atoms with Gasteiger partial charge in [0.05, 0.1) is 12.6 Å². The Morgan fingerprint density at radius 1 is 1.09 bits per heavy atom. The lowest BCUT2D eigenvalue weighted by Crippen LogP contribution is -2.46. The summed E-state index contributed by atoms with van der Waals surface area (Å²) in [5.74, 6) is 0. The van der Waals surface area contributed by atoms with Crippen LogP contribution in [0.2, 0.25) is 5.02 Å². The number of rotatable bonds is 4. The molecule has 0 aliphatic carbocycles. The molecule has 0 aromatic heterocycles. The minimum absolute atomic E-state index is 0.304. The molecule has 1 N–H and O–H groups in total. The SMILES string of the molecule is CC(C)(C)N(O)[C@@H](c1ccc(Cl)cc1)[C@@]1(c2ccccc2)CO1. The molecular weight excluding hydrogens is 310 g/mol. The molecular formula is C19H22ClNO2. The molecule has 0 saturated carbocycles. The Bertz CT molecular complexity index is 660. The van der Waals surface area contributed by atoms with Gasteiger partial charge < -0.3 is 9.94 Å². The van der Waals surface area contributed by atoms with Gasteiger partial charge in [-0.25, -0.2) is 0 Å². The first-order valence-corrected chi connectivity index (χ1v) is 8.15. The number of epoxide rings is 1. The van der Waals surface area contributed by atoms with Crippen LogP contribution < -0.4 is 0 Å². The predicted octanol–water partition coefficient (Wildman–Crippen LogP) is 4.80. The third-order valence-electron chi connectivity index (χ3n) is 4.28. The van der Waals surface area contributed by atoms with E-state index in [0.29, 0.717) is 11.6 Å². The van der Waals surface area contributed by atoms with Gasteiger partial charge in [0.2, 0.25) is 0 Å². The van der Waals surface area contributed by atoms with E-state index >= 15 is 0 Å². The Hall–Kier alpha value is -1.39. The predicted molar refractivity (Wildman–Crippen MR) is 91.6 cm³/mol. The van der Waals surface area contributed by atoms with Crippen LogP contribution in [0.15, 0.2) is 54.6 Å². The monoisotopic (exact) mass is 331 g/mol. The molecule has 2 aromatic carbocycles. The largest absolute Gasteiger partial charge is 0.362 e. The molecule has 1 heterocycles. The van der Waals surface area contributed by atoms with Crippen LogP contribution >= 0.6 is 11.6 Å². The van der Waals surface area contributed by atoms with E-state index in [-0.39, 0.29) is 6.04 Å². The second-order valence-corrected chi connectivity index (χ2v) is 7.45. The van der Waals surface area contributed by atoms with Gasteiger partial charge in [-0.05, 0) is 44.0 Å². The Labute approximate surface area is 142 Å². The quantitative estimate of drug-likeness (QED) is 0.646. The minimum atomic E-state index is -0.531. The molecule has 2 atom stereocenters. The van der Waals surface area contributed by atoms with Gasteiger partial charge in [-0.3, -0.25) is 0 Å². The van der Waals surface area contributed by atoms with E-state index < -0.39 is 11.1 Å². The van der Waals surface area contributed by atoms with E-state index in [0.717, 1.165) is 11.1 Å². The van der Waals surface area contributed by atoms with Crippen LogP contribution in [0, 0.1) is 0 Å². The van der Waals surface area contributed by atoms with Crippen molar-refractivity contribution in [2.24, 2.45) is 0 Å². The van der Waals surface area contributed by atoms with Gasteiger partial charge in [0.1, 0.15) is 5.60 Å². The van der Waals surface area contributed by atoms with Gasteiger partial charge in [0.25, 0.3) is 0 Å². The normalized spacial score (nSPS) is 22.2. The molecule has 3 nitrogen and oxygen atoms in total. The standard InChI is InChI=1S/C19H22ClNO2/c1-18(2,3)21(22)17(14-9-11-16(20)12-10-14)19(13-23-19)15-7-5-4-6-8-15/h4-12,17,22H,13H2,1-3H3/t17-,19-/m0/s1. The molecule has 1 saturated heterocycles. The highest BCUT2D eigenvalue weighted by atomic mass is 35.5. The van der Waals surface area contributed by atoms with Crippen molar-refractivity contribution >= 4 is 11.6 Å². The van der Waals surface area contributed by atoms with Crippen LogP contribution in [0.4, 0.5) is 0 Å². The van der Waals surface area contributed by atoms with Gasteiger partial charge in [-0.15, -0.1) is 0 Å². The zero-order chi connectivity index (χ0) is 16.7. The lowest BCUT2D eigenvalue weighted by Gasteiger charge is -2.39. The van der Waals surface area contributed by atoms with Crippen molar-refractivity contribution in [2.75, 3.05) is 6.61 Å². The maximum atomic E-state index is 10.9. The van der Waals surface area contributed by atoms with Crippen LogP contribution in [0.25, 0.3) is 0 Å². The molecule has 1 fully saturated rings. The molecule has 23 heavy (non-hydrogen) atoms. The lowest BCUT2D eigenvalue weighted by atomic mass is 9.85. The van der Waals surface area contributed by atoms with Crippen molar-refractivity contribution in [3.05, 3.63) is 70.7 Å². The summed E-state index contributed by atoms with van der Waals surface area (Å²) in [4.78, 5) is 0. The highest BCUT2D eigenvalue weighted by molar-refractivity contribution is 6.30. The third-order valence-corrected chi connectivity index (χ3v) is 4.53. The molecule has 0 spiro atoms. The molecule has 0 unspecified atom stereocenters. The summed E-state index contributed by atoms with van der Waals surface area (Å²) in [7, 11) is 0. The van der Waals surface area contributed by atoms with E-state index in [1.54, 1.807) is 0 Å². The number of ether oxygens (including phenoxy) is 1. The maximum Gasteiger partial charge on any atom is 0.138 e. The fourth-order valence-electron chi connectivity index (χ4n) is 2.92. The van der Waals surface area contributed by atoms with E-state index in [9.17, 15) is 5.21 Å². The van der Waals surface area contributed by atoms with Gasteiger partial charge in [0, 0.05) is 10.6 Å². The zero-order valence-corrected chi connectivity index (χ0v) is 14.4. The topological polar surface area (TPSA) is 36.0 Å². The Balaban J connectivity index is 2.07. The lowest BCUT2D eigenvalue weighted by molar-refractivity contribution is -0.205. The summed E-state index contributed by atoms with van der Waals surface area (Å²) in [5.41, 5.74) is 1.10. The molecule has 0 bridgehead atoms. The molecule has 4 heteroatoms. The molecule has 3 rings (SSSR count). The van der Waals surface area contributed by atoms with Crippen LogP contribution in [0.5, 0.6) is 0 Å². The van der Waals surface area contributed by atoms with E-state index in [4.69, 9.17) is 16.3 Å². The van der Waals surface area contributed by atoms with Crippen molar-refractivity contribution in [1.82, 2.24) is 5.06 Å². The molecule has 0 radical (unpaired) electrons. The first-order valence-electron chi connectivity index (χ1n) is 7.78. The van der Waals surface area contributed by atoms with Gasteiger partial charge in [-0.1, -0.05) is 54.1 Å². The fraction of sp³-hybridized carbons (Fsp3) is 0.368. The molecule has 1 aliphatic rings. The van der Waals surface area contributed by atoms with Gasteiger partial charge in [0.15, 0.2) is 0 Å². The number of halogens is 1. The molecule has 122 valence electrons. The van der Waals surface area contributed by atoms with Gasteiger partial charge in [-0.2, -0.15) is 5.06 Å². The van der Waals surface area contributed by atoms with E-state index in [1.807, 2.05) is 75.4 Å². The van der Waals surface area contributed by atoms with Crippen LogP contribution in [0.1, 0.15) is 37.9 Å². The Morgan fingerprint density at radius 3 is 2.13 bits per heavy atom. The summed E-state index contributed by atoms with van der Waals surface area (Å²) in [6.45, 7) is 6.53. The average Bonchev–Trinajstić information content (AvgIpc) is 3.31. The summed E-state index contributed by atoms with van der Waals surface area (Å²) < 4.78 is 5.91. The number of hydrogen-bond donors (Lipinski definition) is 1. The van der Waals surface area contributed by atoms with E-state index in [1.165, 1.54) is 5.06 Å². The van der Waals surface area contributed by atoms with Crippen molar-refractivity contribution in [2.45, 2.75) is 38.0 Å². The number of hydrogen-bond acceptors (Lipinski definition) is 3. The zero-order valence-electron chi connectivity index (χ0n) is 13.7. The Morgan fingerprint density at radius 2 is 1.65 bits per heavy atom. The van der Waals surface area contributed by atoms with E-state index in [2.05, 4.69) is 0 Å². The van der Waals surface area contributed by atoms with Crippen molar-refractivity contribution < 1.29 is 9.94 Å². The third kappa shape index (κ3) is 3.15. The van der Waals surface area contributed by atoms with Crippen LogP contribution in [0.3, 0.4) is 0 Å². The van der Waals surface area contributed by atoms with Crippen molar-refractivity contribution in [3.63, 3.8) is 0 Å². The summed E-state index contributed by atoms with van der Waals surface area (Å²) in [6, 6.07) is 17.4. The number of benzene rings is 2. The van der Waals surface area contributed by atoms with Crippen LogP contribution in [-0.2, 0) is 10.3 Å². The second kappa shape index (κ2) is 5.91. The summed E-state index contributed by atoms with van der Waals surface area (Å²) in [5, 5.41) is 13.0. The first-order chi connectivity index (χ1) is 10.8. The average molecular weight is 332 g/mol. The highest BCUT2D eigenvalue weighted by Gasteiger charge is 2.57. The van der Waals surface area contributed by atoms with Crippen molar-refractivity contribution in [3.8, 4) is 0 Å².